The SMILES string of the molecule is CCOP(=O)(OCC)C1(NS(C)(=O)=O)C=C(Cl)C(=O)c2ccccc21. The second kappa shape index (κ2) is 7.31. The van der Waals surface area contributed by atoms with Crippen molar-refractivity contribution in [3.63, 3.8) is 0 Å². The van der Waals surface area contributed by atoms with Gasteiger partial charge in [0.2, 0.25) is 15.8 Å². The molecule has 0 spiro atoms. The number of hydrogen-bond acceptors (Lipinski definition) is 6. The predicted molar refractivity (Wildman–Crippen MR) is 95.2 cm³/mol. The highest BCUT2D eigenvalue weighted by Crippen LogP contribution is 2.66. The number of nitrogens with one attached hydrogen (secondary N) is 1. The fourth-order valence-electron chi connectivity index (χ4n) is 2.70. The van der Waals surface area contributed by atoms with Gasteiger partial charge in [0.05, 0.1) is 24.5 Å². The monoisotopic (exact) mass is 407 g/mol. The molecule has 0 fully saturated rings. The minimum Gasteiger partial charge on any atom is -0.307 e. The van der Waals surface area contributed by atoms with Crippen molar-refractivity contribution in [3.05, 3.63) is 46.5 Å². The van der Waals surface area contributed by atoms with Crippen molar-refractivity contribution in [1.29, 1.82) is 0 Å². The third-order valence-corrected chi connectivity index (χ3v) is 7.17. The lowest BCUT2D eigenvalue weighted by Crippen LogP contribution is -2.47. The average Bonchev–Trinajstić information content (AvgIpc) is 2.51. The summed E-state index contributed by atoms with van der Waals surface area (Å²) in [4.78, 5) is 12.4. The highest BCUT2D eigenvalue weighted by atomic mass is 35.5. The minimum atomic E-state index is -4.12. The van der Waals surface area contributed by atoms with Gasteiger partial charge in [-0.2, -0.15) is 4.72 Å². The molecule has 25 heavy (non-hydrogen) atoms. The zero-order valence-corrected chi connectivity index (χ0v) is 16.5. The number of halogens is 1. The number of carbonyl (C=O) groups is 1. The molecule has 0 saturated carbocycles. The lowest BCUT2D eigenvalue weighted by molar-refractivity contribution is 0.103. The first kappa shape index (κ1) is 20.3. The molecule has 1 aliphatic rings. The molecule has 0 saturated heterocycles. The Morgan fingerprint density at radius 2 is 1.76 bits per heavy atom. The van der Waals surface area contributed by atoms with Crippen molar-refractivity contribution in [2.24, 2.45) is 0 Å². The number of fused-ring (bicyclic) bond motifs is 1. The fraction of sp³-hybridized carbons (Fsp3) is 0.400. The predicted octanol–water partition coefficient (Wildman–Crippen LogP) is 2.97. The number of Topliss-reactive ketones (excluding diaryl/α,β-unsaturated/α-hetero) is 1. The van der Waals surface area contributed by atoms with Gasteiger partial charge in [-0.25, -0.2) is 8.42 Å². The van der Waals surface area contributed by atoms with E-state index in [0.29, 0.717) is 0 Å². The van der Waals surface area contributed by atoms with E-state index in [4.69, 9.17) is 20.6 Å². The largest absolute Gasteiger partial charge is 0.360 e. The van der Waals surface area contributed by atoms with Crippen LogP contribution in [0.5, 0.6) is 0 Å². The van der Waals surface area contributed by atoms with E-state index < -0.39 is 28.7 Å². The Balaban J connectivity index is 2.89. The van der Waals surface area contributed by atoms with Crippen LogP contribution in [0.25, 0.3) is 0 Å². The summed E-state index contributed by atoms with van der Waals surface area (Å²) < 4.78 is 50.8. The molecule has 1 aromatic carbocycles. The molecular formula is C15H19ClNO6PS. The van der Waals surface area contributed by atoms with Gasteiger partial charge in [-0.05, 0) is 19.9 Å². The maximum absolute atomic E-state index is 13.6. The summed E-state index contributed by atoms with van der Waals surface area (Å²) in [6, 6.07) is 6.17. The van der Waals surface area contributed by atoms with Gasteiger partial charge in [-0.1, -0.05) is 35.9 Å². The third-order valence-electron chi connectivity index (χ3n) is 3.51. The van der Waals surface area contributed by atoms with E-state index in [0.717, 1.165) is 12.3 Å². The van der Waals surface area contributed by atoms with Crippen LogP contribution in [0, 0.1) is 0 Å². The van der Waals surface area contributed by atoms with E-state index in [-0.39, 0.29) is 29.4 Å². The van der Waals surface area contributed by atoms with Crippen LogP contribution in [0.4, 0.5) is 0 Å². The maximum atomic E-state index is 13.6. The van der Waals surface area contributed by atoms with Gasteiger partial charge in [-0.15, -0.1) is 0 Å². The van der Waals surface area contributed by atoms with E-state index in [1.165, 1.54) is 12.1 Å². The van der Waals surface area contributed by atoms with Crippen LogP contribution < -0.4 is 4.72 Å². The topological polar surface area (TPSA) is 98.8 Å². The third kappa shape index (κ3) is 3.74. The van der Waals surface area contributed by atoms with Crippen molar-refractivity contribution in [1.82, 2.24) is 4.72 Å². The Morgan fingerprint density at radius 3 is 2.28 bits per heavy atom. The van der Waals surface area contributed by atoms with E-state index in [1.54, 1.807) is 26.0 Å². The van der Waals surface area contributed by atoms with Crippen LogP contribution in [-0.2, 0) is 28.9 Å². The molecule has 0 amide bonds. The number of rotatable bonds is 7. The van der Waals surface area contributed by atoms with Gasteiger partial charge in [0.15, 0.2) is 5.28 Å². The van der Waals surface area contributed by atoms with Crippen LogP contribution in [0.15, 0.2) is 35.4 Å². The number of allylic oxidation sites excluding steroid dienone is 1. The molecule has 0 aliphatic heterocycles. The summed E-state index contributed by atoms with van der Waals surface area (Å²) >= 11 is 6.06. The molecule has 1 atom stereocenters. The average molecular weight is 408 g/mol. The summed E-state index contributed by atoms with van der Waals surface area (Å²) in [5.41, 5.74) is 0.297. The molecule has 1 unspecified atom stereocenters. The van der Waals surface area contributed by atoms with Crippen molar-refractivity contribution in [2.45, 2.75) is 19.1 Å². The molecule has 138 valence electrons. The first-order valence-corrected chi connectivity index (χ1v) is 11.3. The maximum Gasteiger partial charge on any atom is 0.360 e. The molecule has 10 heteroatoms. The molecule has 0 radical (unpaired) electrons. The number of benzene rings is 1. The fourth-order valence-corrected chi connectivity index (χ4v) is 6.66. The minimum absolute atomic E-state index is 0.00599. The van der Waals surface area contributed by atoms with Crippen molar-refractivity contribution >= 4 is 35.0 Å². The van der Waals surface area contributed by atoms with Crippen LogP contribution >= 0.6 is 19.2 Å². The van der Waals surface area contributed by atoms with Crippen molar-refractivity contribution in [3.8, 4) is 0 Å². The number of ketones is 1. The molecule has 1 aliphatic carbocycles. The van der Waals surface area contributed by atoms with E-state index in [2.05, 4.69) is 4.72 Å². The lowest BCUT2D eigenvalue weighted by atomic mass is 9.92. The second-order valence-electron chi connectivity index (χ2n) is 5.34. The standard InChI is InChI=1S/C15H19ClNO6PS/c1-4-22-24(19,23-5-2)15(17-25(3,20)21)10-13(16)14(18)11-8-6-7-9-12(11)15/h6-10,17H,4-5H2,1-3H3. The van der Waals surface area contributed by atoms with Gasteiger partial charge in [0.1, 0.15) is 0 Å². The summed E-state index contributed by atoms with van der Waals surface area (Å²) in [7, 11) is -8.00. The van der Waals surface area contributed by atoms with Gasteiger partial charge >= 0.3 is 7.60 Å². The van der Waals surface area contributed by atoms with Crippen LogP contribution in [0.3, 0.4) is 0 Å². The van der Waals surface area contributed by atoms with Gasteiger partial charge in [0, 0.05) is 11.1 Å². The molecule has 1 N–H and O–H groups in total. The zero-order chi connectivity index (χ0) is 18.9. The summed E-state index contributed by atoms with van der Waals surface area (Å²) in [6.07, 6.45) is 2.02. The van der Waals surface area contributed by atoms with E-state index >= 15 is 0 Å². The van der Waals surface area contributed by atoms with Gasteiger partial charge < -0.3 is 9.05 Å². The van der Waals surface area contributed by atoms with Gasteiger partial charge in [0.25, 0.3) is 0 Å². The number of sulfonamides is 1. The van der Waals surface area contributed by atoms with Gasteiger partial charge in [-0.3, -0.25) is 9.36 Å². The quantitative estimate of drug-likeness (QED) is 0.697. The molecule has 0 heterocycles. The summed E-state index contributed by atoms with van der Waals surface area (Å²) in [5.74, 6) is -0.497. The highest BCUT2D eigenvalue weighted by molar-refractivity contribution is 7.89. The Kier molecular flexibility index (Phi) is 5.93. The Morgan fingerprint density at radius 1 is 1.20 bits per heavy atom. The Bertz CT molecular complexity index is 859. The smallest absolute Gasteiger partial charge is 0.307 e. The van der Waals surface area contributed by atoms with Crippen molar-refractivity contribution in [2.75, 3.05) is 19.5 Å². The van der Waals surface area contributed by atoms with Crippen LogP contribution in [0.2, 0.25) is 0 Å². The molecule has 7 nitrogen and oxygen atoms in total. The Hall–Kier alpha value is -1.02. The normalized spacial score (nSPS) is 21.0. The molecule has 1 aromatic rings. The number of carbonyl (C=O) groups excluding carboxylic acids is 1. The first-order valence-electron chi connectivity index (χ1n) is 7.51. The molecular weight excluding hydrogens is 389 g/mol. The van der Waals surface area contributed by atoms with E-state index in [9.17, 15) is 17.8 Å². The molecule has 2 rings (SSSR count). The molecule has 0 bridgehead atoms. The van der Waals surface area contributed by atoms with Crippen LogP contribution in [-0.4, -0.2) is 33.7 Å². The molecule has 0 aromatic heterocycles. The summed E-state index contributed by atoms with van der Waals surface area (Å²) in [5, 5.41) is -2.21. The zero-order valence-electron chi connectivity index (χ0n) is 14.0. The second-order valence-corrected chi connectivity index (χ2v) is 9.71. The highest BCUT2D eigenvalue weighted by Gasteiger charge is 2.56. The van der Waals surface area contributed by atoms with E-state index in [1.807, 2.05) is 0 Å². The van der Waals surface area contributed by atoms with Crippen LogP contribution in [0.1, 0.15) is 29.8 Å². The number of hydrogen-bond donors (Lipinski definition) is 1. The Labute approximate surface area is 151 Å². The van der Waals surface area contributed by atoms with Crippen molar-refractivity contribution < 1.29 is 26.8 Å². The lowest BCUT2D eigenvalue weighted by Gasteiger charge is -2.39. The first-order chi connectivity index (χ1) is 11.6. The summed E-state index contributed by atoms with van der Waals surface area (Å²) in [6.45, 7) is 3.22.